The Morgan fingerprint density at radius 2 is 2.00 bits per heavy atom. The second kappa shape index (κ2) is 6.90. The number of hydrogen-bond donors (Lipinski definition) is 1. The average molecular weight is 193 g/mol. The Labute approximate surface area is 88.7 Å². The van der Waals surface area contributed by atoms with Crippen LogP contribution in [0.3, 0.4) is 0 Å². The van der Waals surface area contributed by atoms with Crippen molar-refractivity contribution >= 4 is 0 Å². The van der Waals surface area contributed by atoms with E-state index in [2.05, 4.69) is 18.2 Å². The number of unbranched alkanes of at least 4 members (excludes halogenated alkanes) is 1. The van der Waals surface area contributed by atoms with Gasteiger partial charge in [0.2, 0.25) is 0 Å². The van der Waals surface area contributed by atoms with Crippen molar-refractivity contribution in [1.82, 2.24) is 5.32 Å². The largest absolute Gasteiger partial charge is 0.316 e. The Kier molecular flexibility index (Phi) is 5.71. The highest BCUT2D eigenvalue weighted by molar-refractivity contribution is 4.83. The van der Waals surface area contributed by atoms with Gasteiger partial charge in [0.25, 0.3) is 0 Å². The highest BCUT2D eigenvalue weighted by atomic mass is 14.9. The third-order valence-electron chi connectivity index (χ3n) is 3.24. The van der Waals surface area contributed by atoms with Crippen LogP contribution in [0, 0.1) is 24.2 Å². The van der Waals surface area contributed by atoms with Crippen LogP contribution in [0.5, 0.6) is 0 Å². The molecule has 0 aromatic carbocycles. The van der Waals surface area contributed by atoms with Crippen LogP contribution in [0.4, 0.5) is 0 Å². The van der Waals surface area contributed by atoms with Gasteiger partial charge in [0, 0.05) is 6.42 Å². The Morgan fingerprint density at radius 3 is 2.64 bits per heavy atom. The summed E-state index contributed by atoms with van der Waals surface area (Å²) in [5.41, 5.74) is 0. The molecule has 0 bridgehead atoms. The number of nitrogens with one attached hydrogen (secondary N) is 1. The molecule has 0 radical (unpaired) electrons. The highest BCUT2D eigenvalue weighted by Crippen LogP contribution is 2.27. The number of hydrogen-bond acceptors (Lipinski definition) is 1. The summed E-state index contributed by atoms with van der Waals surface area (Å²) >= 11 is 0. The molecule has 0 aromatic heterocycles. The lowest BCUT2D eigenvalue weighted by atomic mass is 9.83. The lowest BCUT2D eigenvalue weighted by molar-refractivity contribution is 0.282. The molecule has 0 spiro atoms. The first-order valence-electron chi connectivity index (χ1n) is 5.97. The van der Waals surface area contributed by atoms with E-state index >= 15 is 0 Å². The lowest BCUT2D eigenvalue weighted by Gasteiger charge is -2.26. The highest BCUT2D eigenvalue weighted by Gasteiger charge is 2.17. The third-order valence-corrected chi connectivity index (χ3v) is 3.24. The predicted molar refractivity (Wildman–Crippen MR) is 62.1 cm³/mol. The summed E-state index contributed by atoms with van der Waals surface area (Å²) < 4.78 is 0. The van der Waals surface area contributed by atoms with E-state index in [0.29, 0.717) is 0 Å². The molecule has 0 saturated heterocycles. The number of rotatable bonds is 5. The van der Waals surface area contributed by atoms with Crippen molar-refractivity contribution in [3.05, 3.63) is 0 Å². The van der Waals surface area contributed by atoms with E-state index in [1.807, 2.05) is 0 Å². The SMILES string of the molecule is C#CCCCNCC1CCC(C)CC1. The Bertz CT molecular complexity index is 172. The van der Waals surface area contributed by atoms with Crippen molar-refractivity contribution in [3.63, 3.8) is 0 Å². The van der Waals surface area contributed by atoms with Crippen molar-refractivity contribution in [3.8, 4) is 12.3 Å². The van der Waals surface area contributed by atoms with E-state index in [1.165, 1.54) is 32.2 Å². The van der Waals surface area contributed by atoms with Crippen LogP contribution < -0.4 is 5.32 Å². The van der Waals surface area contributed by atoms with E-state index in [4.69, 9.17) is 6.42 Å². The summed E-state index contributed by atoms with van der Waals surface area (Å²) in [7, 11) is 0. The molecule has 1 nitrogen and oxygen atoms in total. The maximum absolute atomic E-state index is 5.19. The first-order chi connectivity index (χ1) is 6.83. The summed E-state index contributed by atoms with van der Waals surface area (Å²) in [6, 6.07) is 0. The van der Waals surface area contributed by atoms with Gasteiger partial charge in [0.15, 0.2) is 0 Å². The summed E-state index contributed by atoms with van der Waals surface area (Å²) in [4.78, 5) is 0. The molecule has 0 heterocycles. The molecular formula is C13H23N. The Morgan fingerprint density at radius 1 is 1.29 bits per heavy atom. The Hall–Kier alpha value is -0.480. The molecule has 1 rings (SSSR count). The third kappa shape index (κ3) is 4.67. The fraction of sp³-hybridized carbons (Fsp3) is 0.846. The first kappa shape index (κ1) is 11.6. The van der Waals surface area contributed by atoms with E-state index in [0.717, 1.165) is 31.2 Å². The molecular weight excluding hydrogens is 170 g/mol. The van der Waals surface area contributed by atoms with Crippen molar-refractivity contribution in [2.45, 2.75) is 45.4 Å². The van der Waals surface area contributed by atoms with Gasteiger partial charge in [0.1, 0.15) is 0 Å². The van der Waals surface area contributed by atoms with Gasteiger partial charge in [0.05, 0.1) is 0 Å². The van der Waals surface area contributed by atoms with E-state index < -0.39 is 0 Å². The van der Waals surface area contributed by atoms with E-state index in [9.17, 15) is 0 Å². The molecule has 0 aliphatic heterocycles. The minimum atomic E-state index is 0.911. The van der Waals surface area contributed by atoms with Gasteiger partial charge in [-0.15, -0.1) is 12.3 Å². The van der Waals surface area contributed by atoms with Gasteiger partial charge in [-0.05, 0) is 44.2 Å². The molecule has 1 aliphatic carbocycles. The van der Waals surface area contributed by atoms with Crippen molar-refractivity contribution in [1.29, 1.82) is 0 Å². The predicted octanol–water partition coefficient (Wildman–Crippen LogP) is 2.82. The smallest absolute Gasteiger partial charge is 0.00981 e. The van der Waals surface area contributed by atoms with Gasteiger partial charge in [-0.2, -0.15) is 0 Å². The summed E-state index contributed by atoms with van der Waals surface area (Å²) in [6.07, 6.45) is 12.9. The van der Waals surface area contributed by atoms with Crippen LogP contribution in [-0.4, -0.2) is 13.1 Å². The van der Waals surface area contributed by atoms with E-state index in [1.54, 1.807) is 0 Å². The molecule has 1 saturated carbocycles. The van der Waals surface area contributed by atoms with Crippen LogP contribution in [0.15, 0.2) is 0 Å². The standard InChI is InChI=1S/C13H23N/c1-3-4-5-10-14-11-13-8-6-12(2)7-9-13/h1,12-14H,4-11H2,2H3. The van der Waals surface area contributed by atoms with Crippen LogP contribution in [0.1, 0.15) is 45.4 Å². The van der Waals surface area contributed by atoms with Crippen LogP contribution in [0.2, 0.25) is 0 Å². The molecule has 0 aromatic rings. The van der Waals surface area contributed by atoms with Crippen LogP contribution in [0.25, 0.3) is 0 Å². The normalized spacial score (nSPS) is 27.1. The molecule has 0 unspecified atom stereocenters. The zero-order chi connectivity index (χ0) is 10.2. The van der Waals surface area contributed by atoms with Crippen LogP contribution >= 0.6 is 0 Å². The monoisotopic (exact) mass is 193 g/mol. The molecule has 1 aliphatic rings. The fourth-order valence-electron chi connectivity index (χ4n) is 2.15. The van der Waals surface area contributed by atoms with Gasteiger partial charge < -0.3 is 5.32 Å². The molecule has 1 N–H and O–H groups in total. The zero-order valence-electron chi connectivity index (χ0n) is 9.39. The van der Waals surface area contributed by atoms with Crippen LogP contribution in [-0.2, 0) is 0 Å². The van der Waals surface area contributed by atoms with Crippen molar-refractivity contribution in [2.75, 3.05) is 13.1 Å². The minimum Gasteiger partial charge on any atom is -0.316 e. The number of terminal acetylenes is 1. The topological polar surface area (TPSA) is 12.0 Å². The quantitative estimate of drug-likeness (QED) is 0.523. The van der Waals surface area contributed by atoms with Gasteiger partial charge in [-0.3, -0.25) is 0 Å². The van der Waals surface area contributed by atoms with Crippen molar-refractivity contribution < 1.29 is 0 Å². The second-order valence-electron chi connectivity index (χ2n) is 4.64. The minimum absolute atomic E-state index is 0.911. The maximum atomic E-state index is 5.19. The summed E-state index contributed by atoms with van der Waals surface area (Å²) in [5.74, 6) is 4.57. The molecule has 80 valence electrons. The van der Waals surface area contributed by atoms with Crippen molar-refractivity contribution in [2.24, 2.45) is 11.8 Å². The molecule has 0 atom stereocenters. The molecule has 1 heteroatoms. The lowest BCUT2D eigenvalue weighted by Crippen LogP contribution is -2.26. The second-order valence-corrected chi connectivity index (χ2v) is 4.64. The molecule has 1 fully saturated rings. The molecule has 0 amide bonds. The van der Waals surface area contributed by atoms with Gasteiger partial charge >= 0.3 is 0 Å². The summed E-state index contributed by atoms with van der Waals surface area (Å²) in [5, 5.41) is 3.51. The van der Waals surface area contributed by atoms with E-state index in [-0.39, 0.29) is 0 Å². The molecule has 14 heavy (non-hydrogen) atoms. The summed E-state index contributed by atoms with van der Waals surface area (Å²) in [6.45, 7) is 4.67. The maximum Gasteiger partial charge on any atom is 0.00981 e. The fourth-order valence-corrected chi connectivity index (χ4v) is 2.15. The Balaban J connectivity index is 1.94. The van der Waals surface area contributed by atoms with Gasteiger partial charge in [-0.1, -0.05) is 19.8 Å². The average Bonchev–Trinajstić information content (AvgIpc) is 2.21. The first-order valence-corrected chi connectivity index (χ1v) is 5.97. The van der Waals surface area contributed by atoms with Gasteiger partial charge in [-0.25, -0.2) is 0 Å². The zero-order valence-corrected chi connectivity index (χ0v) is 9.39.